The topological polar surface area (TPSA) is 69.6 Å². The molecule has 21 heavy (non-hydrogen) atoms. The normalized spacial score (nSPS) is 21.4. The van der Waals surface area contributed by atoms with Crippen molar-refractivity contribution in [2.45, 2.75) is 19.8 Å². The molecule has 1 fully saturated rings. The van der Waals surface area contributed by atoms with Crippen molar-refractivity contribution in [1.82, 2.24) is 4.90 Å². The Hall–Kier alpha value is -1.82. The minimum atomic E-state index is -0.912. The Morgan fingerprint density at radius 3 is 2.81 bits per heavy atom. The van der Waals surface area contributed by atoms with Gasteiger partial charge in [0.2, 0.25) is 0 Å². The van der Waals surface area contributed by atoms with E-state index in [1.54, 1.807) is 6.92 Å². The molecule has 1 aliphatic heterocycles. The van der Waals surface area contributed by atoms with Gasteiger partial charge in [0.05, 0.1) is 11.1 Å². The van der Waals surface area contributed by atoms with Gasteiger partial charge >= 0.3 is 12.0 Å². The number of halogens is 2. The number of hydrogen-bond acceptors (Lipinski definition) is 2. The summed E-state index contributed by atoms with van der Waals surface area (Å²) in [6, 6.07) is 3.34. The number of carbonyl (C=O) groups excluding carboxylic acids is 1. The standard InChI is InChI=1S/C14H16ClFN2O3/c1-2-14(12(19)20)5-6-18(8-14)13(21)17-11-7-9(15)3-4-10(11)16/h3-4,7H,2,5-6,8H2,1H3,(H,17,21)(H,19,20). The van der Waals surface area contributed by atoms with E-state index >= 15 is 0 Å². The summed E-state index contributed by atoms with van der Waals surface area (Å²) >= 11 is 5.76. The highest BCUT2D eigenvalue weighted by Gasteiger charge is 2.44. The maximum atomic E-state index is 13.6. The number of urea groups is 1. The second kappa shape index (κ2) is 5.89. The molecule has 0 bridgehead atoms. The summed E-state index contributed by atoms with van der Waals surface area (Å²) in [5, 5.41) is 12.0. The van der Waals surface area contributed by atoms with Crippen LogP contribution in [0.4, 0.5) is 14.9 Å². The molecule has 2 rings (SSSR count). The molecule has 1 aromatic carbocycles. The van der Waals surface area contributed by atoms with Gasteiger partial charge in [0.1, 0.15) is 5.82 Å². The summed E-state index contributed by atoms with van der Waals surface area (Å²) in [5.74, 6) is -1.50. The Balaban J connectivity index is 2.09. The summed E-state index contributed by atoms with van der Waals surface area (Å²) in [6.07, 6.45) is 0.835. The Labute approximate surface area is 126 Å². The second-order valence-corrected chi connectivity index (χ2v) is 5.60. The first-order chi connectivity index (χ1) is 9.88. The number of aliphatic carboxylic acids is 1. The maximum absolute atomic E-state index is 13.6. The molecule has 2 N–H and O–H groups in total. The zero-order chi connectivity index (χ0) is 15.6. The fourth-order valence-corrected chi connectivity index (χ4v) is 2.62. The number of nitrogens with one attached hydrogen (secondary N) is 1. The number of amides is 2. The number of nitrogens with zero attached hydrogens (tertiary/aromatic N) is 1. The highest BCUT2D eigenvalue weighted by atomic mass is 35.5. The van der Waals surface area contributed by atoms with Gasteiger partial charge in [0.15, 0.2) is 0 Å². The van der Waals surface area contributed by atoms with E-state index in [9.17, 15) is 19.1 Å². The van der Waals surface area contributed by atoms with Crippen LogP contribution in [0.1, 0.15) is 19.8 Å². The van der Waals surface area contributed by atoms with Crippen molar-refractivity contribution in [2.24, 2.45) is 5.41 Å². The van der Waals surface area contributed by atoms with Gasteiger partial charge in [0.25, 0.3) is 0 Å². The van der Waals surface area contributed by atoms with E-state index in [-0.39, 0.29) is 12.2 Å². The molecule has 0 aromatic heterocycles. The van der Waals surface area contributed by atoms with E-state index in [2.05, 4.69) is 5.32 Å². The Bertz CT molecular complexity index is 581. The molecule has 1 unspecified atom stereocenters. The molecule has 5 nitrogen and oxygen atoms in total. The van der Waals surface area contributed by atoms with Crippen molar-refractivity contribution in [3.8, 4) is 0 Å². The zero-order valence-corrected chi connectivity index (χ0v) is 12.3. The van der Waals surface area contributed by atoms with Crippen molar-refractivity contribution in [1.29, 1.82) is 0 Å². The molecule has 1 atom stereocenters. The van der Waals surface area contributed by atoms with Gasteiger partial charge in [-0.25, -0.2) is 9.18 Å². The lowest BCUT2D eigenvalue weighted by Crippen LogP contribution is -2.38. The van der Waals surface area contributed by atoms with Gasteiger partial charge in [0, 0.05) is 18.1 Å². The van der Waals surface area contributed by atoms with Gasteiger partial charge in [-0.05, 0) is 31.0 Å². The number of carboxylic acid groups (broad SMARTS) is 1. The Morgan fingerprint density at radius 1 is 1.52 bits per heavy atom. The molecule has 1 saturated heterocycles. The minimum Gasteiger partial charge on any atom is -0.481 e. The van der Waals surface area contributed by atoms with E-state index < -0.39 is 23.2 Å². The number of carbonyl (C=O) groups is 2. The van der Waals surface area contributed by atoms with Gasteiger partial charge in [-0.3, -0.25) is 4.79 Å². The summed E-state index contributed by atoms with van der Waals surface area (Å²) in [4.78, 5) is 24.8. The predicted molar refractivity (Wildman–Crippen MR) is 77.0 cm³/mol. The third-order valence-electron chi connectivity index (χ3n) is 3.94. The molecule has 7 heteroatoms. The summed E-state index contributed by atoms with van der Waals surface area (Å²) in [5.41, 5.74) is -0.929. The minimum absolute atomic E-state index is 0.0168. The summed E-state index contributed by atoms with van der Waals surface area (Å²) in [7, 11) is 0. The van der Waals surface area contributed by atoms with Crippen LogP contribution < -0.4 is 5.32 Å². The van der Waals surface area contributed by atoms with E-state index in [1.807, 2.05) is 0 Å². The van der Waals surface area contributed by atoms with E-state index in [0.29, 0.717) is 24.4 Å². The Kier molecular flexibility index (Phi) is 4.37. The molecule has 0 saturated carbocycles. The molecule has 0 aliphatic carbocycles. The largest absolute Gasteiger partial charge is 0.481 e. The molecule has 2 amide bonds. The lowest BCUT2D eigenvalue weighted by atomic mass is 9.84. The first-order valence-electron chi connectivity index (χ1n) is 6.62. The third kappa shape index (κ3) is 3.10. The van der Waals surface area contributed by atoms with Gasteiger partial charge in [-0.1, -0.05) is 18.5 Å². The molecule has 1 aliphatic rings. The molecule has 1 aromatic rings. The van der Waals surface area contributed by atoms with E-state index in [1.165, 1.54) is 17.0 Å². The number of carboxylic acids is 1. The number of hydrogen-bond donors (Lipinski definition) is 2. The first-order valence-corrected chi connectivity index (χ1v) is 7.00. The van der Waals surface area contributed by atoms with E-state index in [4.69, 9.17) is 11.6 Å². The fraction of sp³-hybridized carbons (Fsp3) is 0.429. The van der Waals surface area contributed by atoms with E-state index in [0.717, 1.165) is 6.07 Å². The summed E-state index contributed by atoms with van der Waals surface area (Å²) in [6.45, 7) is 2.23. The van der Waals surface area contributed by atoms with Gasteiger partial charge in [-0.15, -0.1) is 0 Å². The van der Waals surface area contributed by atoms with Crippen LogP contribution in [0.2, 0.25) is 5.02 Å². The van der Waals surface area contributed by atoms with Crippen LogP contribution in [-0.2, 0) is 4.79 Å². The molecule has 0 radical (unpaired) electrons. The quantitative estimate of drug-likeness (QED) is 0.900. The van der Waals surface area contributed by atoms with Crippen LogP contribution in [0.15, 0.2) is 18.2 Å². The molecule has 1 heterocycles. The zero-order valence-electron chi connectivity index (χ0n) is 11.5. The van der Waals surface area contributed by atoms with Crippen LogP contribution in [0.25, 0.3) is 0 Å². The molecule has 0 spiro atoms. The number of benzene rings is 1. The van der Waals surface area contributed by atoms with Crippen LogP contribution in [0.5, 0.6) is 0 Å². The van der Waals surface area contributed by atoms with Gasteiger partial charge in [-0.2, -0.15) is 0 Å². The number of likely N-dealkylation sites (tertiary alicyclic amines) is 1. The van der Waals surface area contributed by atoms with Crippen LogP contribution in [0.3, 0.4) is 0 Å². The predicted octanol–water partition coefficient (Wildman–Crippen LogP) is 3.20. The lowest BCUT2D eigenvalue weighted by Gasteiger charge is -2.23. The summed E-state index contributed by atoms with van der Waals surface area (Å²) < 4.78 is 13.6. The van der Waals surface area contributed by atoms with Crippen molar-refractivity contribution in [3.63, 3.8) is 0 Å². The van der Waals surface area contributed by atoms with Gasteiger partial charge < -0.3 is 15.3 Å². The van der Waals surface area contributed by atoms with Crippen LogP contribution in [-0.4, -0.2) is 35.1 Å². The molecule has 114 valence electrons. The van der Waals surface area contributed by atoms with Crippen LogP contribution in [0, 0.1) is 11.2 Å². The highest BCUT2D eigenvalue weighted by Crippen LogP contribution is 2.34. The van der Waals surface area contributed by atoms with Crippen molar-refractivity contribution >= 4 is 29.3 Å². The van der Waals surface area contributed by atoms with Crippen molar-refractivity contribution < 1.29 is 19.1 Å². The van der Waals surface area contributed by atoms with Crippen LogP contribution >= 0.6 is 11.6 Å². The smallest absolute Gasteiger partial charge is 0.321 e. The monoisotopic (exact) mass is 314 g/mol. The molecular weight excluding hydrogens is 299 g/mol. The highest BCUT2D eigenvalue weighted by molar-refractivity contribution is 6.30. The third-order valence-corrected chi connectivity index (χ3v) is 4.18. The average Bonchev–Trinajstić information content (AvgIpc) is 2.89. The average molecular weight is 315 g/mol. The van der Waals surface area contributed by atoms with Crippen molar-refractivity contribution in [2.75, 3.05) is 18.4 Å². The van der Waals surface area contributed by atoms with Crippen molar-refractivity contribution in [3.05, 3.63) is 29.0 Å². The maximum Gasteiger partial charge on any atom is 0.321 e. The SMILES string of the molecule is CCC1(C(=O)O)CCN(C(=O)Nc2cc(Cl)ccc2F)C1. The second-order valence-electron chi connectivity index (χ2n) is 5.16. The number of rotatable bonds is 3. The Morgan fingerprint density at radius 2 is 2.24 bits per heavy atom. The fourth-order valence-electron chi connectivity index (χ4n) is 2.45. The molecular formula is C14H16ClFN2O3. The first kappa shape index (κ1) is 15.6. The lowest BCUT2D eigenvalue weighted by molar-refractivity contribution is -0.148. The number of anilines is 1.